The first kappa shape index (κ1) is 26.0. The maximum absolute atomic E-state index is 13.8. The Morgan fingerprint density at radius 1 is 1.05 bits per heavy atom. The molecule has 1 aliphatic carbocycles. The number of aromatic amines is 2. The van der Waals surface area contributed by atoms with Crippen LogP contribution in [0.2, 0.25) is 0 Å². The van der Waals surface area contributed by atoms with Crippen LogP contribution in [-0.2, 0) is 6.54 Å². The third kappa shape index (κ3) is 5.37. The largest absolute Gasteiger partial charge is 0.404 e. The Labute approximate surface area is 245 Å². The van der Waals surface area contributed by atoms with E-state index in [1.165, 1.54) is 17.2 Å². The normalized spacial score (nSPS) is 13.8. The molecule has 0 bridgehead atoms. The highest BCUT2D eigenvalue weighted by molar-refractivity contribution is 7.14. The van der Waals surface area contributed by atoms with E-state index in [-0.39, 0.29) is 5.13 Å². The van der Waals surface area contributed by atoms with Crippen LogP contribution in [0.15, 0.2) is 96.4 Å². The third-order valence-electron chi connectivity index (χ3n) is 7.11. The minimum absolute atomic E-state index is 0.244. The van der Waals surface area contributed by atoms with Crippen molar-refractivity contribution in [1.29, 1.82) is 0 Å². The molecule has 0 unspecified atom stereocenters. The summed E-state index contributed by atoms with van der Waals surface area (Å²) in [4.78, 5) is 18.2. The number of H-pyrrole nitrogens is 2. The van der Waals surface area contributed by atoms with E-state index < -0.39 is 0 Å². The highest BCUT2D eigenvalue weighted by Gasteiger charge is 2.18. The Bertz CT molecular complexity index is 1990. The molecule has 1 aromatic carbocycles. The van der Waals surface area contributed by atoms with E-state index in [0.29, 0.717) is 34.7 Å². The zero-order chi connectivity index (χ0) is 28.5. The van der Waals surface area contributed by atoms with Crippen LogP contribution in [0.3, 0.4) is 0 Å². The Kier molecular flexibility index (Phi) is 6.90. The Morgan fingerprint density at radius 3 is 2.71 bits per heavy atom. The summed E-state index contributed by atoms with van der Waals surface area (Å²) in [5.41, 5.74) is 15.6. The highest BCUT2D eigenvalue weighted by Crippen LogP contribution is 2.34. The van der Waals surface area contributed by atoms with E-state index in [1.807, 2.05) is 36.4 Å². The topological polar surface area (TPSA) is 121 Å². The number of nitrogens with one attached hydrogen (secondary N) is 3. The van der Waals surface area contributed by atoms with Gasteiger partial charge in [0.2, 0.25) is 0 Å². The standard InChI is InChI=1S/C32H27FN8S/c33-27-11-10-26(42-27)23-12-13-36-31-28(23)38-32(39-31)30-29-25(40-41-30)9-8-24(37-29)22(16-34)15-21(14-19-6-7-19)18-35-17-20-4-2-1-3-5-20/h1-5,8-16,35H,6-7,17-18,34H2,(H,40,41)(H,36,38,39)/b21-15+,22-16+. The fourth-order valence-electron chi connectivity index (χ4n) is 4.89. The van der Waals surface area contributed by atoms with Gasteiger partial charge in [0.1, 0.15) is 5.52 Å². The summed E-state index contributed by atoms with van der Waals surface area (Å²) in [6.45, 7) is 1.48. The maximum Gasteiger partial charge on any atom is 0.178 e. The van der Waals surface area contributed by atoms with Gasteiger partial charge in [-0.05, 0) is 60.4 Å². The van der Waals surface area contributed by atoms with Gasteiger partial charge in [-0.1, -0.05) is 42.0 Å². The molecule has 42 heavy (non-hydrogen) atoms. The third-order valence-corrected chi connectivity index (χ3v) is 8.02. The number of fused-ring (bicyclic) bond motifs is 2. The molecule has 1 fully saturated rings. The summed E-state index contributed by atoms with van der Waals surface area (Å²) in [5.74, 6) is 0.524. The molecule has 5 N–H and O–H groups in total. The summed E-state index contributed by atoms with van der Waals surface area (Å²) in [6.07, 6.45) is 9.88. The van der Waals surface area contributed by atoms with Crippen LogP contribution >= 0.6 is 11.3 Å². The first-order valence-electron chi connectivity index (χ1n) is 13.7. The summed E-state index contributed by atoms with van der Waals surface area (Å²) in [5, 5.41) is 10.9. The molecular formula is C32H27FN8S. The van der Waals surface area contributed by atoms with Crippen LogP contribution in [0.1, 0.15) is 24.1 Å². The summed E-state index contributed by atoms with van der Waals surface area (Å²) in [7, 11) is 0. The lowest BCUT2D eigenvalue weighted by molar-refractivity contribution is 0.657. The fourth-order valence-corrected chi connectivity index (χ4v) is 5.65. The van der Waals surface area contributed by atoms with E-state index in [9.17, 15) is 4.39 Å². The van der Waals surface area contributed by atoms with Crippen LogP contribution < -0.4 is 11.1 Å². The molecule has 6 aromatic rings. The van der Waals surface area contributed by atoms with Crippen molar-refractivity contribution >= 4 is 39.1 Å². The highest BCUT2D eigenvalue weighted by atomic mass is 32.1. The van der Waals surface area contributed by atoms with Crippen LogP contribution in [0.5, 0.6) is 0 Å². The number of pyridine rings is 2. The Balaban J connectivity index is 1.21. The fraction of sp³-hybridized carbons (Fsp3) is 0.125. The number of thiophene rings is 1. The number of imidazole rings is 1. The van der Waals surface area contributed by atoms with E-state index >= 15 is 0 Å². The van der Waals surface area contributed by atoms with Crippen molar-refractivity contribution in [3.8, 4) is 22.0 Å². The predicted molar refractivity (Wildman–Crippen MR) is 166 cm³/mol. The molecule has 208 valence electrons. The molecule has 0 saturated heterocycles. The van der Waals surface area contributed by atoms with E-state index in [1.54, 1.807) is 18.5 Å². The summed E-state index contributed by atoms with van der Waals surface area (Å²) >= 11 is 1.08. The Morgan fingerprint density at radius 2 is 1.93 bits per heavy atom. The van der Waals surface area contributed by atoms with Crippen molar-refractivity contribution in [3.05, 3.63) is 113 Å². The maximum atomic E-state index is 13.8. The van der Waals surface area contributed by atoms with Gasteiger partial charge in [0.15, 0.2) is 22.3 Å². The number of hydrogen-bond donors (Lipinski definition) is 4. The molecule has 0 amide bonds. The van der Waals surface area contributed by atoms with E-state index in [4.69, 9.17) is 15.7 Å². The van der Waals surface area contributed by atoms with E-state index in [2.05, 4.69) is 49.8 Å². The molecule has 8 nitrogen and oxygen atoms in total. The van der Waals surface area contributed by atoms with Crippen molar-refractivity contribution in [2.24, 2.45) is 5.73 Å². The second-order valence-electron chi connectivity index (χ2n) is 10.1. The minimum atomic E-state index is -0.244. The van der Waals surface area contributed by atoms with E-state index in [0.717, 1.165) is 63.5 Å². The van der Waals surface area contributed by atoms with Crippen molar-refractivity contribution in [1.82, 2.24) is 35.5 Å². The Hall–Kier alpha value is -4.93. The van der Waals surface area contributed by atoms with Crippen molar-refractivity contribution in [2.75, 3.05) is 6.54 Å². The van der Waals surface area contributed by atoms with Crippen LogP contribution in [0.4, 0.5) is 4.39 Å². The van der Waals surface area contributed by atoms with Gasteiger partial charge in [0.05, 0.1) is 16.7 Å². The summed E-state index contributed by atoms with van der Waals surface area (Å²) in [6, 6.07) is 19.3. The number of nitrogens with zero attached hydrogens (tertiary/aromatic N) is 4. The monoisotopic (exact) mass is 574 g/mol. The van der Waals surface area contributed by atoms with Gasteiger partial charge >= 0.3 is 0 Å². The lowest BCUT2D eigenvalue weighted by Gasteiger charge is -2.08. The van der Waals surface area contributed by atoms with Gasteiger partial charge < -0.3 is 16.0 Å². The molecule has 5 aromatic heterocycles. The number of allylic oxidation sites excluding steroid dienone is 3. The smallest absolute Gasteiger partial charge is 0.178 e. The molecule has 7 rings (SSSR count). The van der Waals surface area contributed by atoms with Crippen LogP contribution in [0.25, 0.3) is 49.7 Å². The molecule has 0 radical (unpaired) electrons. The molecule has 5 heterocycles. The summed E-state index contributed by atoms with van der Waals surface area (Å²) < 4.78 is 13.8. The quantitative estimate of drug-likeness (QED) is 0.146. The number of halogens is 1. The number of aromatic nitrogens is 6. The SMILES string of the molecule is N/C=C(\C=C(/C=C1CC1)CNCc1ccccc1)c1ccc2[nH]nc(-c3nc4nccc(-c5ccc(F)s5)c4[nH]3)c2n1. The molecule has 0 aliphatic heterocycles. The van der Waals surface area contributed by atoms with Gasteiger partial charge in [0, 0.05) is 41.5 Å². The predicted octanol–water partition coefficient (Wildman–Crippen LogP) is 6.50. The number of nitrogens with two attached hydrogens (primary N) is 1. The van der Waals surface area contributed by atoms with Crippen LogP contribution in [-0.4, -0.2) is 36.7 Å². The molecule has 0 spiro atoms. The second-order valence-corrected chi connectivity index (χ2v) is 11.2. The van der Waals surface area contributed by atoms with Crippen molar-refractivity contribution in [3.63, 3.8) is 0 Å². The molecule has 0 atom stereocenters. The van der Waals surface area contributed by atoms with Gasteiger partial charge in [-0.15, -0.1) is 11.3 Å². The first-order valence-corrected chi connectivity index (χ1v) is 14.5. The average molecular weight is 575 g/mol. The number of hydrogen-bond acceptors (Lipinski definition) is 7. The van der Waals surface area contributed by atoms with Gasteiger partial charge in [0.25, 0.3) is 0 Å². The molecular weight excluding hydrogens is 547 g/mol. The van der Waals surface area contributed by atoms with Crippen LogP contribution in [0, 0.1) is 5.13 Å². The minimum Gasteiger partial charge on any atom is -0.404 e. The van der Waals surface area contributed by atoms with Crippen molar-refractivity contribution < 1.29 is 4.39 Å². The first-order chi connectivity index (χ1) is 20.6. The zero-order valence-electron chi connectivity index (χ0n) is 22.6. The molecule has 1 aliphatic rings. The zero-order valence-corrected chi connectivity index (χ0v) is 23.4. The van der Waals surface area contributed by atoms with Gasteiger partial charge in [-0.2, -0.15) is 9.49 Å². The lowest BCUT2D eigenvalue weighted by atomic mass is 10.1. The second kappa shape index (κ2) is 11.2. The number of rotatable bonds is 9. The lowest BCUT2D eigenvalue weighted by Crippen LogP contribution is -2.16. The number of benzene rings is 1. The molecule has 10 heteroatoms. The van der Waals surface area contributed by atoms with Gasteiger partial charge in [-0.25, -0.2) is 15.0 Å². The molecule has 1 saturated carbocycles. The van der Waals surface area contributed by atoms with Gasteiger partial charge in [-0.3, -0.25) is 5.10 Å². The average Bonchev–Trinajstić information content (AvgIpc) is 3.36. The van der Waals surface area contributed by atoms with Crippen molar-refractivity contribution in [2.45, 2.75) is 19.4 Å².